The Balaban J connectivity index is 1.69. The van der Waals surface area contributed by atoms with Gasteiger partial charge >= 0.3 is 0 Å². The molecular formula is C30H34N6O3. The number of ether oxygens (including phenoxy) is 1. The fourth-order valence-corrected chi connectivity index (χ4v) is 4.82. The van der Waals surface area contributed by atoms with Crippen LogP contribution in [-0.2, 0) is 18.6 Å². The molecule has 0 amide bonds. The minimum atomic E-state index is -0.565. The van der Waals surface area contributed by atoms with E-state index in [1.807, 2.05) is 89.2 Å². The Bertz CT molecular complexity index is 1600. The molecule has 39 heavy (non-hydrogen) atoms. The summed E-state index contributed by atoms with van der Waals surface area (Å²) in [6.45, 7) is 11.7. The van der Waals surface area contributed by atoms with Gasteiger partial charge in [0.25, 0.3) is 5.56 Å². The number of aromatic amines is 1. The maximum atomic E-state index is 13.7. The highest BCUT2D eigenvalue weighted by Gasteiger charge is 2.34. The van der Waals surface area contributed by atoms with Crippen LogP contribution in [-0.4, -0.2) is 36.7 Å². The molecule has 0 aliphatic rings. The first kappa shape index (κ1) is 26.4. The number of pyridine rings is 1. The third-order valence-corrected chi connectivity index (χ3v) is 6.62. The van der Waals surface area contributed by atoms with Gasteiger partial charge in [0.05, 0.1) is 25.0 Å². The molecule has 9 heteroatoms. The second kappa shape index (κ2) is 10.9. The molecule has 0 spiro atoms. The molecule has 0 aliphatic carbocycles. The number of aryl methyl sites for hydroxylation is 1. The normalized spacial score (nSPS) is 12.8. The summed E-state index contributed by atoms with van der Waals surface area (Å²) in [6, 6.07) is 19.2. The van der Waals surface area contributed by atoms with E-state index in [9.17, 15) is 4.79 Å². The van der Waals surface area contributed by atoms with Crippen LogP contribution in [0.25, 0.3) is 10.9 Å². The minimum absolute atomic E-state index is 0.184. The van der Waals surface area contributed by atoms with Crippen molar-refractivity contribution in [3.8, 4) is 5.75 Å². The van der Waals surface area contributed by atoms with E-state index in [0.29, 0.717) is 31.1 Å². The van der Waals surface area contributed by atoms with Gasteiger partial charge in [-0.3, -0.25) is 9.69 Å². The van der Waals surface area contributed by atoms with Crippen LogP contribution in [0.15, 0.2) is 76.1 Å². The van der Waals surface area contributed by atoms with Gasteiger partial charge in [-0.25, -0.2) is 4.68 Å². The first-order chi connectivity index (χ1) is 18.7. The van der Waals surface area contributed by atoms with Crippen LogP contribution in [0.4, 0.5) is 0 Å². The molecule has 0 aliphatic heterocycles. The van der Waals surface area contributed by atoms with E-state index in [-0.39, 0.29) is 5.56 Å². The van der Waals surface area contributed by atoms with Crippen molar-refractivity contribution in [1.29, 1.82) is 0 Å². The SMILES string of the molecule is CCOc1ccc(CN(Cc2ccco2)[C@@H](c2cc3cc(C)ccc3[nH]c2=O)c2nnnn2C(C)(C)C)cc1. The third-order valence-electron chi connectivity index (χ3n) is 6.62. The number of fused-ring (bicyclic) bond motifs is 1. The lowest BCUT2D eigenvalue weighted by Crippen LogP contribution is -2.37. The molecule has 1 N–H and O–H groups in total. The van der Waals surface area contributed by atoms with Gasteiger partial charge < -0.3 is 14.1 Å². The van der Waals surface area contributed by atoms with Gasteiger partial charge in [-0.05, 0) is 98.5 Å². The van der Waals surface area contributed by atoms with Crippen molar-refractivity contribution in [2.75, 3.05) is 6.61 Å². The highest BCUT2D eigenvalue weighted by atomic mass is 16.5. The Hall–Kier alpha value is -4.24. The van der Waals surface area contributed by atoms with Gasteiger partial charge in [0.2, 0.25) is 0 Å². The van der Waals surface area contributed by atoms with Crippen LogP contribution >= 0.6 is 0 Å². The molecule has 2 aromatic carbocycles. The van der Waals surface area contributed by atoms with Gasteiger partial charge in [0.1, 0.15) is 17.6 Å². The van der Waals surface area contributed by atoms with Crippen LogP contribution in [0.2, 0.25) is 0 Å². The molecule has 202 valence electrons. The van der Waals surface area contributed by atoms with Crippen molar-refractivity contribution in [2.45, 2.75) is 59.3 Å². The van der Waals surface area contributed by atoms with Crippen molar-refractivity contribution in [1.82, 2.24) is 30.1 Å². The molecule has 0 fully saturated rings. The maximum absolute atomic E-state index is 13.7. The van der Waals surface area contributed by atoms with Gasteiger partial charge in [-0.2, -0.15) is 0 Å². The van der Waals surface area contributed by atoms with Gasteiger partial charge in [-0.1, -0.05) is 23.8 Å². The first-order valence-electron chi connectivity index (χ1n) is 13.1. The molecule has 5 rings (SSSR count). The van der Waals surface area contributed by atoms with E-state index in [4.69, 9.17) is 9.15 Å². The number of nitrogens with one attached hydrogen (secondary N) is 1. The molecule has 3 aromatic heterocycles. The average molecular weight is 527 g/mol. The monoisotopic (exact) mass is 526 g/mol. The van der Waals surface area contributed by atoms with Crippen molar-refractivity contribution >= 4 is 10.9 Å². The Morgan fingerprint density at radius 3 is 2.56 bits per heavy atom. The summed E-state index contributed by atoms with van der Waals surface area (Å²) in [6.07, 6.45) is 1.66. The zero-order valence-corrected chi connectivity index (χ0v) is 23.0. The minimum Gasteiger partial charge on any atom is -0.494 e. The summed E-state index contributed by atoms with van der Waals surface area (Å²) >= 11 is 0. The van der Waals surface area contributed by atoms with E-state index >= 15 is 0 Å². The lowest BCUT2D eigenvalue weighted by molar-refractivity contribution is 0.171. The smallest absolute Gasteiger partial charge is 0.253 e. The van der Waals surface area contributed by atoms with Gasteiger partial charge in [0, 0.05) is 17.6 Å². The first-order valence-corrected chi connectivity index (χ1v) is 13.1. The summed E-state index contributed by atoms with van der Waals surface area (Å²) in [7, 11) is 0. The highest BCUT2D eigenvalue weighted by Crippen LogP contribution is 2.32. The predicted octanol–water partition coefficient (Wildman–Crippen LogP) is 5.36. The van der Waals surface area contributed by atoms with E-state index in [1.165, 1.54) is 0 Å². The fourth-order valence-electron chi connectivity index (χ4n) is 4.82. The molecule has 9 nitrogen and oxygen atoms in total. The number of benzene rings is 2. The number of rotatable bonds is 9. The molecular weight excluding hydrogens is 492 g/mol. The second-order valence-corrected chi connectivity index (χ2v) is 10.7. The molecule has 1 atom stereocenters. The van der Waals surface area contributed by atoms with Crippen molar-refractivity contribution in [3.63, 3.8) is 0 Å². The van der Waals surface area contributed by atoms with Crippen LogP contribution in [0.3, 0.4) is 0 Å². The van der Waals surface area contributed by atoms with Crippen molar-refractivity contribution < 1.29 is 9.15 Å². The van der Waals surface area contributed by atoms with Gasteiger partial charge in [-0.15, -0.1) is 5.10 Å². The predicted molar refractivity (Wildman–Crippen MR) is 150 cm³/mol. The van der Waals surface area contributed by atoms with Crippen LogP contribution in [0.1, 0.15) is 62.0 Å². The van der Waals surface area contributed by atoms with E-state index in [0.717, 1.165) is 33.5 Å². The van der Waals surface area contributed by atoms with E-state index in [2.05, 4.69) is 31.5 Å². The van der Waals surface area contributed by atoms with E-state index < -0.39 is 11.6 Å². The number of hydrogen-bond acceptors (Lipinski definition) is 7. The largest absolute Gasteiger partial charge is 0.494 e. The van der Waals surface area contributed by atoms with Crippen LogP contribution < -0.4 is 10.3 Å². The summed E-state index contributed by atoms with van der Waals surface area (Å²) in [5.41, 5.74) is 2.91. The Kier molecular flexibility index (Phi) is 7.34. The maximum Gasteiger partial charge on any atom is 0.253 e. The average Bonchev–Trinajstić information content (AvgIpc) is 3.59. The number of hydrogen-bond donors (Lipinski definition) is 1. The molecule has 0 saturated carbocycles. The zero-order valence-electron chi connectivity index (χ0n) is 23.0. The number of nitrogens with zero attached hydrogens (tertiary/aromatic N) is 5. The lowest BCUT2D eigenvalue weighted by Gasteiger charge is -2.32. The van der Waals surface area contributed by atoms with Crippen molar-refractivity contribution in [3.05, 3.63) is 106 Å². The Morgan fingerprint density at radius 1 is 1.08 bits per heavy atom. The zero-order chi connectivity index (χ0) is 27.6. The van der Waals surface area contributed by atoms with Crippen LogP contribution in [0.5, 0.6) is 5.75 Å². The molecule has 0 saturated heterocycles. The summed E-state index contributed by atoms with van der Waals surface area (Å²) in [5, 5.41) is 13.8. The highest BCUT2D eigenvalue weighted by molar-refractivity contribution is 5.79. The Labute approximate surface area is 227 Å². The summed E-state index contributed by atoms with van der Waals surface area (Å²) in [4.78, 5) is 19.0. The molecule has 0 bridgehead atoms. The standard InChI is InChI=1S/C30H34N6O3/c1-6-38-23-12-10-21(11-13-23)18-35(19-24-8-7-15-39-24)27(28-32-33-34-36(28)30(3,4)5)25-17-22-16-20(2)9-14-26(22)31-29(25)37/h7-17,27H,6,18-19H2,1-5H3,(H,31,37)/t27-/m0/s1. The second-order valence-electron chi connectivity index (χ2n) is 10.7. The quantitative estimate of drug-likeness (QED) is 0.276. The molecule has 0 unspecified atom stereocenters. The summed E-state index contributed by atoms with van der Waals surface area (Å²) in [5.74, 6) is 2.17. The lowest BCUT2D eigenvalue weighted by atomic mass is 10.00. The fraction of sp³-hybridized carbons (Fsp3) is 0.333. The molecule has 3 heterocycles. The van der Waals surface area contributed by atoms with Crippen molar-refractivity contribution in [2.24, 2.45) is 0 Å². The van der Waals surface area contributed by atoms with E-state index in [1.54, 1.807) is 10.9 Å². The molecule has 0 radical (unpaired) electrons. The summed E-state index contributed by atoms with van der Waals surface area (Å²) < 4.78 is 13.2. The Morgan fingerprint density at radius 2 is 1.87 bits per heavy atom. The topological polar surface area (TPSA) is 102 Å². The third kappa shape index (κ3) is 5.78. The number of furan rings is 1. The number of tetrazole rings is 1. The number of aromatic nitrogens is 5. The van der Waals surface area contributed by atoms with Crippen LogP contribution in [0, 0.1) is 6.92 Å². The molecule has 5 aromatic rings. The van der Waals surface area contributed by atoms with Gasteiger partial charge in [0.15, 0.2) is 5.82 Å². The number of H-pyrrole nitrogens is 1.